The van der Waals surface area contributed by atoms with Crippen LogP contribution in [-0.4, -0.2) is 29.1 Å². The second kappa shape index (κ2) is 11.0. The van der Waals surface area contributed by atoms with Crippen molar-refractivity contribution >= 4 is 28.5 Å². The van der Waals surface area contributed by atoms with Crippen LogP contribution in [0.4, 0.5) is 0 Å². The van der Waals surface area contributed by atoms with E-state index in [1.165, 1.54) is 5.56 Å². The number of unbranched alkanes of at least 4 members (excludes halogenated alkanes) is 2. The van der Waals surface area contributed by atoms with Crippen molar-refractivity contribution in [2.45, 2.75) is 32.2 Å². The Kier molecular flexibility index (Phi) is 7.63. The minimum absolute atomic E-state index is 0.0998. The topological polar surface area (TPSA) is 56.1 Å². The third-order valence-corrected chi connectivity index (χ3v) is 5.95. The van der Waals surface area contributed by atoms with Crippen molar-refractivity contribution in [1.29, 1.82) is 0 Å². The monoisotopic (exact) mass is 461 g/mol. The van der Waals surface area contributed by atoms with Gasteiger partial charge in [0.1, 0.15) is 11.6 Å². The number of halogens is 1. The van der Waals surface area contributed by atoms with E-state index < -0.39 is 0 Å². The first-order valence-corrected chi connectivity index (χ1v) is 11.6. The van der Waals surface area contributed by atoms with Gasteiger partial charge in [-0.3, -0.25) is 4.79 Å². The van der Waals surface area contributed by atoms with Gasteiger partial charge in [0.15, 0.2) is 0 Å². The molecule has 0 aliphatic rings. The van der Waals surface area contributed by atoms with E-state index >= 15 is 0 Å². The van der Waals surface area contributed by atoms with Crippen LogP contribution >= 0.6 is 11.6 Å². The highest BCUT2D eigenvalue weighted by atomic mass is 35.5. The maximum Gasteiger partial charge on any atom is 0.255 e. The average molecular weight is 462 g/mol. The van der Waals surface area contributed by atoms with Gasteiger partial charge in [0.25, 0.3) is 5.91 Å². The van der Waals surface area contributed by atoms with Crippen LogP contribution in [-0.2, 0) is 13.0 Å². The smallest absolute Gasteiger partial charge is 0.255 e. The van der Waals surface area contributed by atoms with Crippen molar-refractivity contribution in [3.63, 3.8) is 0 Å². The molecule has 0 aliphatic carbocycles. The average Bonchev–Trinajstić information content (AvgIpc) is 3.19. The molecular formula is C27H28ClN3O2. The molecule has 6 heteroatoms. The van der Waals surface area contributed by atoms with Gasteiger partial charge in [-0.2, -0.15) is 0 Å². The largest absolute Gasteiger partial charge is 0.496 e. The molecule has 1 aromatic heterocycles. The Morgan fingerprint density at radius 3 is 2.55 bits per heavy atom. The number of fused-ring (bicyclic) bond motifs is 1. The second-order valence-corrected chi connectivity index (χ2v) is 8.43. The van der Waals surface area contributed by atoms with Gasteiger partial charge in [-0.25, -0.2) is 4.98 Å². The molecule has 0 radical (unpaired) electrons. The lowest BCUT2D eigenvalue weighted by Gasteiger charge is -2.10. The lowest BCUT2D eigenvalue weighted by Crippen LogP contribution is -2.24. The summed E-state index contributed by atoms with van der Waals surface area (Å²) in [5, 5.41) is 3.73. The number of ether oxygens (including phenoxy) is 1. The SMILES string of the molecule is COc1ccccc1C(=O)NCCCCCc1nc2ccccc2n1Cc1ccc(Cl)cc1. The lowest BCUT2D eigenvalue weighted by molar-refractivity contribution is 0.0950. The summed E-state index contributed by atoms with van der Waals surface area (Å²) >= 11 is 6.05. The summed E-state index contributed by atoms with van der Waals surface area (Å²) in [5.41, 5.74) is 3.93. The number of benzene rings is 3. The molecular weight excluding hydrogens is 434 g/mol. The summed E-state index contributed by atoms with van der Waals surface area (Å²) < 4.78 is 7.56. The molecule has 1 N–H and O–H groups in total. The number of rotatable bonds is 10. The van der Waals surface area contributed by atoms with Gasteiger partial charge in [-0.1, -0.05) is 54.4 Å². The summed E-state index contributed by atoms with van der Waals surface area (Å²) in [6.45, 7) is 1.40. The highest BCUT2D eigenvalue weighted by Crippen LogP contribution is 2.21. The van der Waals surface area contributed by atoms with Crippen LogP contribution in [0.3, 0.4) is 0 Å². The summed E-state index contributed by atoms with van der Waals surface area (Å²) in [6.07, 6.45) is 3.83. The fraction of sp³-hybridized carbons (Fsp3) is 0.259. The minimum atomic E-state index is -0.0998. The summed E-state index contributed by atoms with van der Waals surface area (Å²) in [7, 11) is 1.58. The normalized spacial score (nSPS) is 11.0. The number of hydrogen-bond donors (Lipinski definition) is 1. The van der Waals surface area contributed by atoms with Crippen LogP contribution in [0.5, 0.6) is 5.75 Å². The van der Waals surface area contributed by atoms with Crippen LogP contribution in [0.1, 0.15) is 41.0 Å². The van der Waals surface area contributed by atoms with E-state index in [2.05, 4.69) is 40.2 Å². The number of methoxy groups -OCH3 is 1. The summed E-state index contributed by atoms with van der Waals surface area (Å²) in [4.78, 5) is 17.3. The molecule has 33 heavy (non-hydrogen) atoms. The van der Waals surface area contributed by atoms with Gasteiger partial charge in [-0.05, 0) is 54.8 Å². The van der Waals surface area contributed by atoms with Crippen molar-refractivity contribution < 1.29 is 9.53 Å². The fourth-order valence-corrected chi connectivity index (χ4v) is 4.11. The number of imidazole rings is 1. The zero-order valence-corrected chi connectivity index (χ0v) is 19.5. The Hall–Kier alpha value is -3.31. The number of carbonyl (C=O) groups excluding carboxylic acids is 1. The predicted octanol–water partition coefficient (Wildman–Crippen LogP) is 5.89. The van der Waals surface area contributed by atoms with Gasteiger partial charge >= 0.3 is 0 Å². The summed E-state index contributed by atoms with van der Waals surface area (Å²) in [5.74, 6) is 1.58. The Morgan fingerprint density at radius 2 is 1.73 bits per heavy atom. The first-order valence-electron chi connectivity index (χ1n) is 11.3. The number of nitrogens with one attached hydrogen (secondary N) is 1. The van der Waals surface area contributed by atoms with Gasteiger partial charge in [0.05, 0.1) is 23.7 Å². The van der Waals surface area contributed by atoms with Crippen LogP contribution in [0.25, 0.3) is 11.0 Å². The lowest BCUT2D eigenvalue weighted by atomic mass is 10.1. The molecule has 4 aromatic rings. The van der Waals surface area contributed by atoms with Crippen molar-refractivity contribution in [3.8, 4) is 5.75 Å². The van der Waals surface area contributed by atoms with Gasteiger partial charge in [0.2, 0.25) is 0 Å². The molecule has 3 aromatic carbocycles. The maximum absolute atomic E-state index is 12.4. The first kappa shape index (κ1) is 22.9. The molecule has 170 valence electrons. The van der Waals surface area contributed by atoms with E-state index in [9.17, 15) is 4.79 Å². The fourth-order valence-electron chi connectivity index (χ4n) is 3.98. The quantitative estimate of drug-likeness (QED) is 0.299. The molecule has 1 amide bonds. The van der Waals surface area contributed by atoms with Crippen LogP contribution in [0, 0.1) is 0 Å². The molecule has 0 bridgehead atoms. The Bertz CT molecular complexity index is 1220. The van der Waals surface area contributed by atoms with E-state index in [1.54, 1.807) is 19.2 Å². The standard InChI is InChI=1S/C27H28ClN3O2/c1-33-25-12-7-4-9-22(25)27(32)29-18-8-2-3-13-26-30-23-10-5-6-11-24(23)31(26)19-20-14-16-21(28)17-15-20/h4-7,9-12,14-17H,2-3,8,13,18-19H2,1H3,(H,29,32). The predicted molar refractivity (Wildman–Crippen MR) is 133 cm³/mol. The van der Waals surface area contributed by atoms with Gasteiger partial charge in [0, 0.05) is 24.5 Å². The van der Waals surface area contributed by atoms with E-state index in [1.807, 2.05) is 30.3 Å². The third kappa shape index (κ3) is 5.74. The zero-order chi connectivity index (χ0) is 23.0. The van der Waals surface area contributed by atoms with Crippen molar-refractivity contribution in [2.24, 2.45) is 0 Å². The zero-order valence-electron chi connectivity index (χ0n) is 18.8. The summed E-state index contributed by atoms with van der Waals surface area (Å²) in [6, 6.07) is 23.5. The van der Waals surface area contributed by atoms with Crippen molar-refractivity contribution in [2.75, 3.05) is 13.7 Å². The third-order valence-electron chi connectivity index (χ3n) is 5.70. The molecule has 0 saturated carbocycles. The molecule has 0 atom stereocenters. The number of carbonyl (C=O) groups is 1. The minimum Gasteiger partial charge on any atom is -0.496 e. The van der Waals surface area contributed by atoms with Gasteiger partial charge < -0.3 is 14.6 Å². The number of para-hydroxylation sites is 3. The molecule has 0 saturated heterocycles. The van der Waals surface area contributed by atoms with E-state index in [-0.39, 0.29) is 5.91 Å². The van der Waals surface area contributed by atoms with E-state index in [4.69, 9.17) is 21.3 Å². The number of nitrogens with zero attached hydrogens (tertiary/aromatic N) is 2. The number of hydrogen-bond acceptors (Lipinski definition) is 3. The first-order chi connectivity index (χ1) is 16.2. The van der Waals surface area contributed by atoms with Crippen molar-refractivity contribution in [1.82, 2.24) is 14.9 Å². The molecule has 1 heterocycles. The molecule has 0 aliphatic heterocycles. The molecule has 0 unspecified atom stereocenters. The van der Waals surface area contributed by atoms with Crippen LogP contribution < -0.4 is 10.1 Å². The number of amides is 1. The van der Waals surface area contributed by atoms with Crippen LogP contribution in [0.15, 0.2) is 72.8 Å². The van der Waals surface area contributed by atoms with Crippen LogP contribution in [0.2, 0.25) is 5.02 Å². The molecule has 0 fully saturated rings. The highest BCUT2D eigenvalue weighted by molar-refractivity contribution is 6.30. The molecule has 4 rings (SSSR count). The maximum atomic E-state index is 12.4. The van der Waals surface area contributed by atoms with E-state index in [0.717, 1.165) is 54.1 Å². The van der Waals surface area contributed by atoms with Crippen molar-refractivity contribution in [3.05, 3.63) is 94.8 Å². The molecule has 5 nitrogen and oxygen atoms in total. The Labute approximate surface area is 199 Å². The number of aryl methyl sites for hydroxylation is 1. The highest BCUT2D eigenvalue weighted by Gasteiger charge is 2.12. The van der Waals surface area contributed by atoms with E-state index in [0.29, 0.717) is 17.9 Å². The Balaban J connectivity index is 1.32. The number of aromatic nitrogens is 2. The molecule has 0 spiro atoms. The Morgan fingerprint density at radius 1 is 0.970 bits per heavy atom. The van der Waals surface area contributed by atoms with Gasteiger partial charge in [-0.15, -0.1) is 0 Å². The second-order valence-electron chi connectivity index (χ2n) is 8.00.